The number of likely N-dealkylation sites (tertiary alicyclic amines) is 1. The molecule has 1 saturated heterocycles. The number of aryl methyl sites for hydroxylation is 2. The van der Waals surface area contributed by atoms with Crippen LogP contribution >= 0.6 is 0 Å². The molecule has 0 aliphatic carbocycles. The lowest BCUT2D eigenvalue weighted by atomic mass is 10.2. The third kappa shape index (κ3) is 2.82. The molecule has 4 rings (SSSR count). The third-order valence-electron chi connectivity index (χ3n) is 4.45. The van der Waals surface area contributed by atoms with E-state index in [0.717, 1.165) is 49.0 Å². The number of hydrogen-bond acceptors (Lipinski definition) is 4. The summed E-state index contributed by atoms with van der Waals surface area (Å²) >= 11 is 0. The molecule has 0 bridgehead atoms. The number of rotatable bonds is 4. The summed E-state index contributed by atoms with van der Waals surface area (Å²) in [5.74, 6) is 1.83. The zero-order valence-electron chi connectivity index (χ0n) is 13.5. The van der Waals surface area contributed by atoms with E-state index in [2.05, 4.69) is 44.8 Å². The van der Waals surface area contributed by atoms with E-state index in [4.69, 9.17) is 4.42 Å². The third-order valence-corrected chi connectivity index (χ3v) is 4.45. The summed E-state index contributed by atoms with van der Waals surface area (Å²) in [5.41, 5.74) is 3.25. The Morgan fingerprint density at radius 1 is 1.30 bits per heavy atom. The second kappa shape index (κ2) is 5.70. The number of aromatic nitrogens is 4. The molecule has 1 aliphatic heterocycles. The van der Waals surface area contributed by atoms with Gasteiger partial charge in [0.05, 0.1) is 18.3 Å². The van der Waals surface area contributed by atoms with Gasteiger partial charge >= 0.3 is 0 Å². The molecule has 120 valence electrons. The zero-order valence-corrected chi connectivity index (χ0v) is 13.5. The minimum absolute atomic E-state index is 0.464. The monoisotopic (exact) mass is 311 g/mol. The zero-order chi connectivity index (χ0) is 15.8. The highest BCUT2D eigenvalue weighted by Gasteiger charge is 2.26. The van der Waals surface area contributed by atoms with Gasteiger partial charge in [-0.05, 0) is 44.5 Å². The molecular formula is C17H21N5O. The molecule has 1 aliphatic rings. The maximum atomic E-state index is 5.92. The fourth-order valence-electron chi connectivity index (χ4n) is 3.39. The second-order valence-electron chi connectivity index (χ2n) is 6.29. The van der Waals surface area contributed by atoms with Crippen LogP contribution in [0.2, 0.25) is 0 Å². The summed E-state index contributed by atoms with van der Waals surface area (Å²) in [6.07, 6.45) is 2.87. The number of H-pyrrole nitrogens is 1. The summed E-state index contributed by atoms with van der Waals surface area (Å²) in [6.45, 7) is 7.11. The van der Waals surface area contributed by atoms with Crippen molar-refractivity contribution >= 4 is 0 Å². The SMILES string of the molecule is Cc1cc(C)n([C@@H]2CCN(Cc3ccc(-c4ccn[nH]4)o3)C2)n1. The first-order valence-electron chi connectivity index (χ1n) is 8.02. The number of furan rings is 1. The van der Waals surface area contributed by atoms with Crippen LogP contribution in [0.3, 0.4) is 0 Å². The molecule has 0 amide bonds. The van der Waals surface area contributed by atoms with Crippen molar-refractivity contribution in [2.24, 2.45) is 0 Å². The molecule has 3 aromatic rings. The van der Waals surface area contributed by atoms with Crippen LogP contribution in [0.4, 0.5) is 0 Å². The Morgan fingerprint density at radius 2 is 2.22 bits per heavy atom. The Hall–Kier alpha value is -2.34. The van der Waals surface area contributed by atoms with E-state index in [0.29, 0.717) is 6.04 Å². The lowest BCUT2D eigenvalue weighted by molar-refractivity contribution is 0.284. The summed E-state index contributed by atoms with van der Waals surface area (Å²) in [5, 5.41) is 11.5. The lowest BCUT2D eigenvalue weighted by Gasteiger charge is -2.15. The molecule has 0 unspecified atom stereocenters. The van der Waals surface area contributed by atoms with E-state index in [1.54, 1.807) is 6.20 Å². The molecular weight excluding hydrogens is 290 g/mol. The highest BCUT2D eigenvalue weighted by atomic mass is 16.3. The van der Waals surface area contributed by atoms with Crippen molar-refractivity contribution < 1.29 is 4.42 Å². The van der Waals surface area contributed by atoms with E-state index >= 15 is 0 Å². The lowest BCUT2D eigenvalue weighted by Crippen LogP contribution is -2.21. The van der Waals surface area contributed by atoms with Crippen molar-refractivity contribution in [2.75, 3.05) is 13.1 Å². The van der Waals surface area contributed by atoms with E-state index < -0.39 is 0 Å². The first-order chi connectivity index (χ1) is 11.2. The van der Waals surface area contributed by atoms with Crippen LogP contribution in [0.1, 0.15) is 29.6 Å². The Balaban J connectivity index is 1.42. The summed E-state index contributed by atoms with van der Waals surface area (Å²) in [4.78, 5) is 2.43. The minimum Gasteiger partial charge on any atom is -0.458 e. The average Bonchev–Trinajstić information content (AvgIpc) is 3.27. The van der Waals surface area contributed by atoms with Crippen LogP contribution < -0.4 is 0 Å². The van der Waals surface area contributed by atoms with Gasteiger partial charge in [-0.2, -0.15) is 10.2 Å². The van der Waals surface area contributed by atoms with Crippen molar-refractivity contribution in [2.45, 2.75) is 32.9 Å². The smallest absolute Gasteiger partial charge is 0.152 e. The van der Waals surface area contributed by atoms with Gasteiger partial charge in [-0.3, -0.25) is 14.7 Å². The van der Waals surface area contributed by atoms with Gasteiger partial charge in [0.15, 0.2) is 5.76 Å². The Morgan fingerprint density at radius 3 is 2.96 bits per heavy atom. The van der Waals surface area contributed by atoms with Crippen LogP contribution in [-0.2, 0) is 6.54 Å². The topological polar surface area (TPSA) is 62.9 Å². The van der Waals surface area contributed by atoms with Crippen molar-refractivity contribution in [3.8, 4) is 11.5 Å². The van der Waals surface area contributed by atoms with Gasteiger partial charge in [0.1, 0.15) is 11.5 Å². The van der Waals surface area contributed by atoms with Gasteiger partial charge < -0.3 is 4.42 Å². The molecule has 1 fully saturated rings. The van der Waals surface area contributed by atoms with Crippen LogP contribution in [-0.4, -0.2) is 38.0 Å². The second-order valence-corrected chi connectivity index (χ2v) is 6.29. The Kier molecular flexibility index (Phi) is 3.53. The first kappa shape index (κ1) is 14.3. The fraction of sp³-hybridized carbons (Fsp3) is 0.412. The van der Waals surface area contributed by atoms with Gasteiger partial charge in [0, 0.05) is 25.0 Å². The molecule has 3 aromatic heterocycles. The molecule has 1 atom stereocenters. The molecule has 0 radical (unpaired) electrons. The van der Waals surface area contributed by atoms with Crippen LogP contribution in [0, 0.1) is 13.8 Å². The van der Waals surface area contributed by atoms with Crippen LogP contribution in [0.5, 0.6) is 0 Å². The maximum absolute atomic E-state index is 5.92. The quantitative estimate of drug-likeness (QED) is 0.804. The number of nitrogens with one attached hydrogen (secondary N) is 1. The molecule has 6 nitrogen and oxygen atoms in total. The fourth-order valence-corrected chi connectivity index (χ4v) is 3.39. The largest absolute Gasteiger partial charge is 0.458 e. The van der Waals surface area contributed by atoms with E-state index in [9.17, 15) is 0 Å². The van der Waals surface area contributed by atoms with Crippen LogP contribution in [0.25, 0.3) is 11.5 Å². The van der Waals surface area contributed by atoms with E-state index in [-0.39, 0.29) is 0 Å². The number of hydrogen-bond donors (Lipinski definition) is 1. The Labute approximate surface area is 135 Å². The molecule has 1 N–H and O–H groups in total. The number of nitrogens with zero attached hydrogens (tertiary/aromatic N) is 4. The van der Waals surface area contributed by atoms with Crippen molar-refractivity contribution in [1.29, 1.82) is 0 Å². The predicted octanol–water partition coefficient (Wildman–Crippen LogP) is 2.93. The van der Waals surface area contributed by atoms with Crippen molar-refractivity contribution in [3.63, 3.8) is 0 Å². The van der Waals surface area contributed by atoms with Gasteiger partial charge in [-0.25, -0.2) is 0 Å². The Bertz CT molecular complexity index is 786. The predicted molar refractivity (Wildman–Crippen MR) is 86.9 cm³/mol. The summed E-state index contributed by atoms with van der Waals surface area (Å²) < 4.78 is 8.10. The molecule has 23 heavy (non-hydrogen) atoms. The van der Waals surface area contributed by atoms with Gasteiger partial charge in [-0.1, -0.05) is 0 Å². The van der Waals surface area contributed by atoms with Gasteiger partial charge in [0.2, 0.25) is 0 Å². The maximum Gasteiger partial charge on any atom is 0.152 e. The van der Waals surface area contributed by atoms with Gasteiger partial charge in [0.25, 0.3) is 0 Å². The standard InChI is InChI=1S/C17H21N5O/c1-12-9-13(2)22(20-12)14-6-8-21(10-14)11-15-3-4-17(23-15)16-5-7-18-19-16/h3-5,7,9,14H,6,8,10-11H2,1-2H3,(H,18,19)/t14-/m1/s1. The molecule has 0 aromatic carbocycles. The first-order valence-corrected chi connectivity index (χ1v) is 8.02. The summed E-state index contributed by atoms with van der Waals surface area (Å²) in [7, 11) is 0. The van der Waals surface area contributed by atoms with E-state index in [1.165, 1.54) is 5.69 Å². The molecule has 4 heterocycles. The molecule has 0 spiro atoms. The average molecular weight is 311 g/mol. The van der Waals surface area contributed by atoms with Crippen LogP contribution in [0.15, 0.2) is 34.9 Å². The number of aromatic amines is 1. The summed E-state index contributed by atoms with van der Waals surface area (Å²) in [6, 6.07) is 8.57. The van der Waals surface area contributed by atoms with Gasteiger partial charge in [-0.15, -0.1) is 0 Å². The normalized spacial score (nSPS) is 18.8. The van der Waals surface area contributed by atoms with Crippen molar-refractivity contribution in [1.82, 2.24) is 24.9 Å². The highest BCUT2D eigenvalue weighted by Crippen LogP contribution is 2.26. The minimum atomic E-state index is 0.464. The molecule has 0 saturated carbocycles. The molecule has 6 heteroatoms. The van der Waals surface area contributed by atoms with Crippen molar-refractivity contribution in [3.05, 3.63) is 47.6 Å². The van der Waals surface area contributed by atoms with E-state index in [1.807, 2.05) is 18.2 Å². The highest BCUT2D eigenvalue weighted by molar-refractivity contribution is 5.51.